The van der Waals surface area contributed by atoms with Gasteiger partial charge in [-0.25, -0.2) is 0 Å². The van der Waals surface area contributed by atoms with Gasteiger partial charge in [0.05, 0.1) is 6.61 Å². The highest BCUT2D eigenvalue weighted by Gasteiger charge is 2.09. The van der Waals surface area contributed by atoms with E-state index in [1.807, 2.05) is 25.1 Å². The first-order valence-electron chi connectivity index (χ1n) is 5.95. The Balaban J connectivity index is 3.01. The molecule has 1 rings (SSSR count). The van der Waals surface area contributed by atoms with Crippen molar-refractivity contribution in [3.05, 3.63) is 48.1 Å². The van der Waals surface area contributed by atoms with Crippen molar-refractivity contribution in [1.82, 2.24) is 5.32 Å². The van der Waals surface area contributed by atoms with Gasteiger partial charge in [0.2, 0.25) is 0 Å². The van der Waals surface area contributed by atoms with Crippen molar-refractivity contribution in [1.29, 1.82) is 5.26 Å². The van der Waals surface area contributed by atoms with Gasteiger partial charge in [0.15, 0.2) is 0 Å². The van der Waals surface area contributed by atoms with Crippen LogP contribution in [0.25, 0.3) is 6.08 Å². The standard InChI is InChI=1S/C15H16N2O2/c1-3-9-17-15(18)13(11-16)10-12-7-5-6-8-14(12)19-4-2/h3,5-8,10H,1,4,9H2,2H3,(H,17,18)/b13-10-. The Kier molecular flexibility index (Phi) is 5.90. The third kappa shape index (κ3) is 4.32. The van der Waals surface area contributed by atoms with Gasteiger partial charge in [0.25, 0.3) is 5.91 Å². The number of hydrogen-bond acceptors (Lipinski definition) is 3. The van der Waals surface area contributed by atoms with Crippen LogP contribution in [-0.2, 0) is 4.79 Å². The molecule has 0 unspecified atom stereocenters. The lowest BCUT2D eigenvalue weighted by molar-refractivity contribution is -0.116. The fourth-order valence-corrected chi connectivity index (χ4v) is 1.45. The summed E-state index contributed by atoms with van der Waals surface area (Å²) >= 11 is 0. The quantitative estimate of drug-likeness (QED) is 0.482. The fourth-order valence-electron chi connectivity index (χ4n) is 1.45. The molecule has 0 radical (unpaired) electrons. The summed E-state index contributed by atoms with van der Waals surface area (Å²) in [5.74, 6) is 0.225. The first-order valence-corrected chi connectivity index (χ1v) is 5.95. The number of benzene rings is 1. The highest BCUT2D eigenvalue weighted by molar-refractivity contribution is 6.02. The van der Waals surface area contributed by atoms with Gasteiger partial charge in [-0.3, -0.25) is 4.79 Å². The zero-order valence-electron chi connectivity index (χ0n) is 10.8. The average molecular weight is 256 g/mol. The molecule has 98 valence electrons. The van der Waals surface area contributed by atoms with Crippen LogP contribution in [0.3, 0.4) is 0 Å². The number of nitrogens with one attached hydrogen (secondary N) is 1. The summed E-state index contributed by atoms with van der Waals surface area (Å²) in [6.45, 7) is 6.23. The minimum Gasteiger partial charge on any atom is -0.493 e. The Morgan fingerprint density at radius 3 is 2.89 bits per heavy atom. The summed E-state index contributed by atoms with van der Waals surface area (Å²) in [6, 6.07) is 9.14. The van der Waals surface area contributed by atoms with Crippen molar-refractivity contribution in [2.75, 3.05) is 13.2 Å². The lowest BCUT2D eigenvalue weighted by Crippen LogP contribution is -2.24. The van der Waals surface area contributed by atoms with E-state index in [1.165, 1.54) is 6.08 Å². The van der Waals surface area contributed by atoms with Gasteiger partial charge in [0, 0.05) is 12.1 Å². The van der Waals surface area contributed by atoms with E-state index >= 15 is 0 Å². The van der Waals surface area contributed by atoms with Crippen molar-refractivity contribution < 1.29 is 9.53 Å². The molecule has 1 N–H and O–H groups in total. The van der Waals surface area contributed by atoms with E-state index in [0.717, 1.165) is 0 Å². The molecule has 0 aliphatic heterocycles. The average Bonchev–Trinajstić information content (AvgIpc) is 2.44. The van der Waals surface area contributed by atoms with E-state index in [1.54, 1.807) is 18.2 Å². The van der Waals surface area contributed by atoms with Crippen LogP contribution in [0.4, 0.5) is 0 Å². The predicted octanol–water partition coefficient (Wildman–Crippen LogP) is 2.29. The number of para-hydroxylation sites is 1. The number of amides is 1. The minimum absolute atomic E-state index is 0.0361. The van der Waals surface area contributed by atoms with E-state index in [2.05, 4.69) is 11.9 Å². The Hall–Kier alpha value is -2.54. The highest BCUT2D eigenvalue weighted by atomic mass is 16.5. The summed E-state index contributed by atoms with van der Waals surface area (Å²) in [6.07, 6.45) is 3.07. The van der Waals surface area contributed by atoms with Crippen LogP contribution in [0.2, 0.25) is 0 Å². The van der Waals surface area contributed by atoms with Gasteiger partial charge < -0.3 is 10.1 Å². The van der Waals surface area contributed by atoms with Gasteiger partial charge in [-0.15, -0.1) is 6.58 Å². The van der Waals surface area contributed by atoms with E-state index in [0.29, 0.717) is 24.5 Å². The number of ether oxygens (including phenoxy) is 1. The van der Waals surface area contributed by atoms with Gasteiger partial charge in [0.1, 0.15) is 17.4 Å². The largest absolute Gasteiger partial charge is 0.493 e. The van der Waals surface area contributed by atoms with Crippen molar-refractivity contribution >= 4 is 12.0 Å². The monoisotopic (exact) mass is 256 g/mol. The summed E-state index contributed by atoms with van der Waals surface area (Å²) < 4.78 is 5.44. The molecular formula is C15H16N2O2. The lowest BCUT2D eigenvalue weighted by atomic mass is 10.1. The number of rotatable bonds is 6. The zero-order chi connectivity index (χ0) is 14.1. The molecule has 0 atom stereocenters. The Bertz CT molecular complexity index is 527. The van der Waals surface area contributed by atoms with Crippen molar-refractivity contribution in [3.8, 4) is 11.8 Å². The SMILES string of the molecule is C=CCNC(=O)/C(C#N)=C\c1ccccc1OCC. The molecule has 1 aromatic rings. The van der Waals surface area contributed by atoms with Gasteiger partial charge in [-0.2, -0.15) is 5.26 Å². The number of nitrogens with zero attached hydrogens (tertiary/aromatic N) is 1. The first kappa shape index (κ1) is 14.5. The van der Waals surface area contributed by atoms with E-state index in [-0.39, 0.29) is 5.57 Å². The number of hydrogen-bond donors (Lipinski definition) is 1. The highest BCUT2D eigenvalue weighted by Crippen LogP contribution is 2.20. The van der Waals surface area contributed by atoms with Gasteiger partial charge >= 0.3 is 0 Å². The van der Waals surface area contributed by atoms with Crippen LogP contribution in [-0.4, -0.2) is 19.1 Å². The minimum atomic E-state index is -0.422. The van der Waals surface area contributed by atoms with E-state index in [9.17, 15) is 4.79 Å². The van der Waals surface area contributed by atoms with Crippen LogP contribution in [0.15, 0.2) is 42.5 Å². The maximum Gasteiger partial charge on any atom is 0.262 e. The third-order valence-corrected chi connectivity index (χ3v) is 2.29. The molecule has 0 aromatic heterocycles. The molecule has 0 aliphatic rings. The maximum absolute atomic E-state index is 11.7. The molecule has 0 aliphatic carbocycles. The summed E-state index contributed by atoms with van der Waals surface area (Å²) in [4.78, 5) is 11.7. The predicted molar refractivity (Wildman–Crippen MR) is 74.4 cm³/mol. The Morgan fingerprint density at radius 1 is 1.53 bits per heavy atom. The van der Waals surface area contributed by atoms with E-state index < -0.39 is 5.91 Å². The van der Waals surface area contributed by atoms with Crippen molar-refractivity contribution in [2.45, 2.75) is 6.92 Å². The van der Waals surface area contributed by atoms with Crippen LogP contribution < -0.4 is 10.1 Å². The molecule has 0 bridgehead atoms. The van der Waals surface area contributed by atoms with Crippen LogP contribution >= 0.6 is 0 Å². The Morgan fingerprint density at radius 2 is 2.26 bits per heavy atom. The molecule has 4 heteroatoms. The third-order valence-electron chi connectivity index (χ3n) is 2.29. The molecule has 4 nitrogen and oxygen atoms in total. The lowest BCUT2D eigenvalue weighted by Gasteiger charge is -2.07. The van der Waals surface area contributed by atoms with Gasteiger partial charge in [-0.1, -0.05) is 24.3 Å². The number of carbonyl (C=O) groups excluding carboxylic acids is 1. The van der Waals surface area contributed by atoms with Crippen molar-refractivity contribution in [3.63, 3.8) is 0 Å². The molecule has 0 saturated carbocycles. The van der Waals surface area contributed by atoms with Crippen LogP contribution in [0.1, 0.15) is 12.5 Å². The molecule has 1 aromatic carbocycles. The summed E-state index contributed by atoms with van der Waals surface area (Å²) in [7, 11) is 0. The number of nitriles is 1. The Labute approximate surface area is 113 Å². The summed E-state index contributed by atoms with van der Waals surface area (Å²) in [5.41, 5.74) is 0.739. The van der Waals surface area contributed by atoms with Crippen LogP contribution in [0, 0.1) is 11.3 Å². The topological polar surface area (TPSA) is 62.1 Å². The maximum atomic E-state index is 11.7. The molecule has 0 saturated heterocycles. The number of carbonyl (C=O) groups is 1. The van der Waals surface area contributed by atoms with Gasteiger partial charge in [-0.05, 0) is 19.1 Å². The molecule has 1 amide bonds. The second-order valence-corrected chi connectivity index (χ2v) is 3.64. The molecule has 0 spiro atoms. The fraction of sp³-hybridized carbons (Fsp3) is 0.200. The van der Waals surface area contributed by atoms with Crippen molar-refractivity contribution in [2.24, 2.45) is 0 Å². The summed E-state index contributed by atoms with van der Waals surface area (Å²) in [5, 5.41) is 11.6. The van der Waals surface area contributed by atoms with E-state index in [4.69, 9.17) is 10.00 Å². The first-order chi connectivity index (χ1) is 9.22. The van der Waals surface area contributed by atoms with Crippen LogP contribution in [0.5, 0.6) is 5.75 Å². The molecule has 0 fully saturated rings. The second kappa shape index (κ2) is 7.72. The normalized spacial score (nSPS) is 10.4. The second-order valence-electron chi connectivity index (χ2n) is 3.64. The molecule has 19 heavy (non-hydrogen) atoms. The smallest absolute Gasteiger partial charge is 0.262 e. The molecular weight excluding hydrogens is 240 g/mol. The molecule has 0 heterocycles. The zero-order valence-corrected chi connectivity index (χ0v) is 10.8.